The van der Waals surface area contributed by atoms with Gasteiger partial charge in [-0.2, -0.15) is 0 Å². The van der Waals surface area contributed by atoms with E-state index in [0.717, 1.165) is 22.2 Å². The van der Waals surface area contributed by atoms with Crippen molar-refractivity contribution in [2.75, 3.05) is 0 Å². The van der Waals surface area contributed by atoms with Gasteiger partial charge >= 0.3 is 5.97 Å². The first-order valence-electron chi connectivity index (χ1n) is 6.36. The van der Waals surface area contributed by atoms with Gasteiger partial charge in [0.1, 0.15) is 5.75 Å². The SMILES string of the molecule is Cc1ccc(C(=O)Oc2ccc3nc[nH]c3c2)cc1C. The van der Waals surface area contributed by atoms with Crippen molar-refractivity contribution in [1.82, 2.24) is 9.97 Å². The molecule has 0 unspecified atom stereocenters. The Balaban J connectivity index is 1.85. The predicted molar refractivity (Wildman–Crippen MR) is 77.0 cm³/mol. The standard InChI is InChI=1S/C16H14N2O2/c1-10-3-4-12(7-11(10)2)16(19)20-13-5-6-14-15(8-13)18-9-17-14/h3-9H,1-2H3,(H,17,18). The van der Waals surface area contributed by atoms with Gasteiger partial charge < -0.3 is 9.72 Å². The van der Waals surface area contributed by atoms with Crippen LogP contribution in [0.15, 0.2) is 42.7 Å². The summed E-state index contributed by atoms with van der Waals surface area (Å²) >= 11 is 0. The third-order valence-electron chi connectivity index (χ3n) is 3.34. The number of esters is 1. The molecule has 0 aliphatic heterocycles. The number of hydrogen-bond donors (Lipinski definition) is 1. The molecule has 0 atom stereocenters. The summed E-state index contributed by atoms with van der Waals surface area (Å²) in [5.74, 6) is 0.150. The lowest BCUT2D eigenvalue weighted by atomic mass is 10.1. The number of hydrogen-bond acceptors (Lipinski definition) is 3. The highest BCUT2D eigenvalue weighted by atomic mass is 16.5. The van der Waals surface area contributed by atoms with Gasteiger partial charge in [0, 0.05) is 6.07 Å². The van der Waals surface area contributed by atoms with Crippen molar-refractivity contribution in [3.05, 3.63) is 59.4 Å². The van der Waals surface area contributed by atoms with Crippen LogP contribution < -0.4 is 4.74 Å². The van der Waals surface area contributed by atoms with Crippen LogP contribution in [-0.4, -0.2) is 15.9 Å². The molecular formula is C16H14N2O2. The number of carbonyl (C=O) groups excluding carboxylic acids is 1. The first-order valence-corrected chi connectivity index (χ1v) is 6.36. The summed E-state index contributed by atoms with van der Waals surface area (Å²) in [6.07, 6.45) is 1.61. The second-order valence-electron chi connectivity index (χ2n) is 4.77. The van der Waals surface area contributed by atoms with Crippen LogP contribution in [0.4, 0.5) is 0 Å². The number of carbonyl (C=O) groups is 1. The van der Waals surface area contributed by atoms with E-state index in [1.165, 1.54) is 0 Å². The van der Waals surface area contributed by atoms with Crippen molar-refractivity contribution in [2.24, 2.45) is 0 Å². The first kappa shape index (κ1) is 12.4. The molecule has 1 N–H and O–H groups in total. The van der Waals surface area contributed by atoms with Gasteiger partial charge in [-0.15, -0.1) is 0 Å². The highest BCUT2D eigenvalue weighted by Crippen LogP contribution is 2.19. The van der Waals surface area contributed by atoms with Gasteiger partial charge in [-0.1, -0.05) is 6.07 Å². The molecule has 0 spiro atoms. The van der Waals surface area contributed by atoms with Crippen LogP contribution in [0.5, 0.6) is 5.75 Å². The number of imidazole rings is 1. The van der Waals surface area contributed by atoms with Gasteiger partial charge in [-0.25, -0.2) is 9.78 Å². The van der Waals surface area contributed by atoms with E-state index in [9.17, 15) is 4.79 Å². The van der Waals surface area contributed by atoms with Crippen molar-refractivity contribution in [3.63, 3.8) is 0 Å². The van der Waals surface area contributed by atoms with E-state index in [-0.39, 0.29) is 5.97 Å². The lowest BCUT2D eigenvalue weighted by Gasteiger charge is -2.06. The van der Waals surface area contributed by atoms with Gasteiger partial charge in [-0.05, 0) is 49.2 Å². The molecule has 0 fully saturated rings. The molecule has 0 amide bonds. The summed E-state index contributed by atoms with van der Waals surface area (Å²) in [6.45, 7) is 3.99. The topological polar surface area (TPSA) is 55.0 Å². The molecule has 0 aliphatic carbocycles. The molecule has 4 nitrogen and oxygen atoms in total. The van der Waals surface area contributed by atoms with Gasteiger partial charge in [-0.3, -0.25) is 0 Å². The van der Waals surface area contributed by atoms with Gasteiger partial charge in [0.25, 0.3) is 0 Å². The Hall–Kier alpha value is -2.62. The van der Waals surface area contributed by atoms with Crippen molar-refractivity contribution in [1.29, 1.82) is 0 Å². The van der Waals surface area contributed by atoms with Crippen molar-refractivity contribution in [3.8, 4) is 5.75 Å². The maximum Gasteiger partial charge on any atom is 0.343 e. The number of aryl methyl sites for hydroxylation is 2. The molecular weight excluding hydrogens is 252 g/mol. The van der Waals surface area contributed by atoms with Crippen LogP contribution in [0, 0.1) is 13.8 Å². The number of rotatable bonds is 2. The lowest BCUT2D eigenvalue weighted by Crippen LogP contribution is -2.08. The number of aromatic nitrogens is 2. The fourth-order valence-corrected chi connectivity index (χ4v) is 2.01. The van der Waals surface area contributed by atoms with Crippen molar-refractivity contribution < 1.29 is 9.53 Å². The quantitative estimate of drug-likeness (QED) is 0.571. The average molecular weight is 266 g/mol. The fraction of sp³-hybridized carbons (Fsp3) is 0.125. The number of aromatic amines is 1. The van der Waals surface area contributed by atoms with E-state index in [0.29, 0.717) is 11.3 Å². The fourth-order valence-electron chi connectivity index (χ4n) is 2.01. The Bertz CT molecular complexity index is 790. The number of nitrogens with zero attached hydrogens (tertiary/aromatic N) is 1. The minimum absolute atomic E-state index is 0.355. The van der Waals surface area contributed by atoms with E-state index < -0.39 is 0 Å². The van der Waals surface area contributed by atoms with Gasteiger partial charge in [0.2, 0.25) is 0 Å². The Labute approximate surface area is 116 Å². The molecule has 0 saturated heterocycles. The highest BCUT2D eigenvalue weighted by molar-refractivity contribution is 5.91. The Morgan fingerprint density at radius 2 is 1.95 bits per heavy atom. The number of H-pyrrole nitrogens is 1. The molecule has 3 rings (SSSR count). The van der Waals surface area contributed by atoms with Crippen LogP contribution in [0.2, 0.25) is 0 Å². The van der Waals surface area contributed by atoms with Gasteiger partial charge in [0.05, 0.1) is 22.9 Å². The second-order valence-corrected chi connectivity index (χ2v) is 4.77. The summed E-state index contributed by atoms with van der Waals surface area (Å²) in [4.78, 5) is 19.2. The molecule has 1 aromatic heterocycles. The molecule has 0 bridgehead atoms. The number of benzene rings is 2. The number of nitrogens with one attached hydrogen (secondary N) is 1. The minimum atomic E-state index is -0.355. The summed E-state index contributed by atoms with van der Waals surface area (Å²) in [5.41, 5.74) is 4.47. The van der Waals surface area contributed by atoms with E-state index in [1.807, 2.05) is 32.0 Å². The Morgan fingerprint density at radius 3 is 2.75 bits per heavy atom. The number of fused-ring (bicyclic) bond motifs is 1. The molecule has 100 valence electrons. The Kier molecular flexibility index (Phi) is 2.99. The van der Waals surface area contributed by atoms with Crippen molar-refractivity contribution in [2.45, 2.75) is 13.8 Å². The molecule has 1 heterocycles. The first-order chi connectivity index (χ1) is 9.63. The number of ether oxygens (including phenoxy) is 1. The van der Waals surface area contributed by atoms with Crippen LogP contribution >= 0.6 is 0 Å². The maximum atomic E-state index is 12.1. The highest BCUT2D eigenvalue weighted by Gasteiger charge is 2.10. The molecule has 0 aliphatic rings. The normalized spacial score (nSPS) is 10.7. The molecule has 2 aromatic carbocycles. The molecule has 0 saturated carbocycles. The molecule has 3 aromatic rings. The van der Waals surface area contributed by atoms with Crippen LogP contribution in [0.1, 0.15) is 21.5 Å². The van der Waals surface area contributed by atoms with Crippen molar-refractivity contribution >= 4 is 17.0 Å². The third kappa shape index (κ3) is 2.28. The lowest BCUT2D eigenvalue weighted by molar-refractivity contribution is 0.0735. The average Bonchev–Trinajstić information content (AvgIpc) is 2.89. The van der Waals surface area contributed by atoms with Crippen LogP contribution in [-0.2, 0) is 0 Å². The van der Waals surface area contributed by atoms with Gasteiger partial charge in [0.15, 0.2) is 0 Å². The summed E-state index contributed by atoms with van der Waals surface area (Å²) in [6, 6.07) is 10.9. The van der Waals surface area contributed by atoms with E-state index >= 15 is 0 Å². The van der Waals surface area contributed by atoms with Crippen LogP contribution in [0.25, 0.3) is 11.0 Å². The molecule has 0 radical (unpaired) electrons. The second kappa shape index (κ2) is 4.81. The maximum absolute atomic E-state index is 12.1. The zero-order valence-corrected chi connectivity index (χ0v) is 11.3. The summed E-state index contributed by atoms with van der Waals surface area (Å²) in [7, 11) is 0. The smallest absolute Gasteiger partial charge is 0.343 e. The Morgan fingerprint density at radius 1 is 1.10 bits per heavy atom. The monoisotopic (exact) mass is 266 g/mol. The third-order valence-corrected chi connectivity index (χ3v) is 3.34. The van der Waals surface area contributed by atoms with E-state index in [4.69, 9.17) is 4.74 Å². The largest absolute Gasteiger partial charge is 0.423 e. The summed E-state index contributed by atoms with van der Waals surface area (Å²) in [5, 5.41) is 0. The molecule has 4 heteroatoms. The summed E-state index contributed by atoms with van der Waals surface area (Å²) < 4.78 is 5.39. The van der Waals surface area contributed by atoms with E-state index in [1.54, 1.807) is 24.5 Å². The zero-order valence-electron chi connectivity index (χ0n) is 11.3. The molecule has 20 heavy (non-hydrogen) atoms. The van der Waals surface area contributed by atoms with Crippen LogP contribution in [0.3, 0.4) is 0 Å². The predicted octanol–water partition coefficient (Wildman–Crippen LogP) is 3.40. The minimum Gasteiger partial charge on any atom is -0.423 e. The van der Waals surface area contributed by atoms with E-state index in [2.05, 4.69) is 9.97 Å². The zero-order chi connectivity index (χ0) is 14.1.